The van der Waals surface area contributed by atoms with E-state index in [-0.39, 0.29) is 19.0 Å². The predicted octanol–water partition coefficient (Wildman–Crippen LogP) is -2.62. The van der Waals surface area contributed by atoms with Gasteiger partial charge in [-0.1, -0.05) is 11.8 Å². The smallest absolute Gasteiger partial charge is 0.274 e. The van der Waals surface area contributed by atoms with Crippen molar-refractivity contribution in [1.82, 2.24) is 19.5 Å². The van der Waals surface area contributed by atoms with Crippen LogP contribution in [0.25, 0.3) is 11.2 Å². The zero-order valence-electron chi connectivity index (χ0n) is 12.6. The van der Waals surface area contributed by atoms with Crippen LogP contribution in [0.2, 0.25) is 0 Å². The van der Waals surface area contributed by atoms with Crippen molar-refractivity contribution in [2.24, 2.45) is 0 Å². The van der Waals surface area contributed by atoms with Crippen molar-refractivity contribution in [1.29, 1.82) is 0 Å². The molecule has 146 valence electrons. The number of phosphoric acid groups is 2. The van der Waals surface area contributed by atoms with Crippen molar-refractivity contribution in [2.75, 3.05) is 18.7 Å². The summed E-state index contributed by atoms with van der Waals surface area (Å²) in [7, 11) is -11.6. The molecule has 0 radical (unpaired) electrons. The Morgan fingerprint density at radius 1 is 1.15 bits per heavy atom. The van der Waals surface area contributed by atoms with Crippen molar-refractivity contribution in [3.63, 3.8) is 0 Å². The van der Waals surface area contributed by atoms with Crippen LogP contribution in [0.4, 0.5) is 5.82 Å². The molecule has 2 N–H and O–H groups in total. The van der Waals surface area contributed by atoms with E-state index < -0.39 is 28.5 Å². The molecule has 0 saturated carbocycles. The molecule has 0 aliphatic carbocycles. The number of imidazole rings is 1. The minimum Gasteiger partial charge on any atom is -0.799 e. The molecule has 2 unspecified atom stereocenters. The number of nitrogen functional groups attached to an aromatic ring is 1. The Hall–Kier alpha value is -0.820. The number of hydrogen-bond acceptors (Lipinski definition) is 14. The first-order valence-corrected chi connectivity index (χ1v) is 12.2. The van der Waals surface area contributed by atoms with E-state index in [1.54, 1.807) is 0 Å². The summed E-state index contributed by atoms with van der Waals surface area (Å²) >= 11 is 4.39. The Kier molecular flexibility index (Phi) is 6.65. The van der Waals surface area contributed by atoms with Gasteiger partial charge in [0.15, 0.2) is 11.5 Å². The molecular formula is C8H10N5O9P3S-4. The van der Waals surface area contributed by atoms with Gasteiger partial charge in [0.1, 0.15) is 11.8 Å². The second kappa shape index (κ2) is 8.05. The molecule has 0 aliphatic heterocycles. The fourth-order valence-electron chi connectivity index (χ4n) is 1.71. The lowest BCUT2D eigenvalue weighted by Gasteiger charge is -2.39. The largest absolute Gasteiger partial charge is 0.799 e. The first-order valence-electron chi connectivity index (χ1n) is 6.43. The molecule has 0 bridgehead atoms. The first kappa shape index (κ1) is 21.5. The van der Waals surface area contributed by atoms with Gasteiger partial charge in [0.05, 0.1) is 27.1 Å². The van der Waals surface area contributed by atoms with Gasteiger partial charge in [0, 0.05) is 13.0 Å². The number of rotatable bonds is 9. The van der Waals surface area contributed by atoms with Gasteiger partial charge in [-0.25, -0.2) is 15.0 Å². The SMILES string of the molecule is Nc1ncnc2c1ncn2CCOCP([O-])(=S)OP(=O)([O-])OP(=O)([O-])[O-]. The van der Waals surface area contributed by atoms with E-state index in [2.05, 4.69) is 35.4 Å². The van der Waals surface area contributed by atoms with E-state index in [1.807, 2.05) is 0 Å². The summed E-state index contributed by atoms with van der Waals surface area (Å²) in [6.07, 6.45) is 1.78. The third-order valence-corrected chi connectivity index (χ3v) is 7.39. The highest BCUT2D eigenvalue weighted by molar-refractivity contribution is 8.10. The first-order chi connectivity index (χ1) is 11.9. The number of hydrogen-bond donors (Lipinski definition) is 1. The van der Waals surface area contributed by atoms with Crippen molar-refractivity contribution in [2.45, 2.75) is 6.54 Å². The van der Waals surface area contributed by atoms with Crippen molar-refractivity contribution in [3.8, 4) is 0 Å². The van der Waals surface area contributed by atoms with Crippen molar-refractivity contribution < 1.29 is 42.1 Å². The van der Waals surface area contributed by atoms with Crippen LogP contribution in [0, 0.1) is 0 Å². The topological polar surface area (TPSA) is 224 Å². The molecule has 18 heteroatoms. The average Bonchev–Trinajstić information content (AvgIpc) is 2.84. The molecule has 2 heterocycles. The highest BCUT2D eigenvalue weighted by Crippen LogP contribution is 2.60. The molecule has 26 heavy (non-hydrogen) atoms. The van der Waals surface area contributed by atoms with Crippen LogP contribution in [-0.4, -0.2) is 32.5 Å². The number of nitrogens with two attached hydrogens (primary N) is 1. The van der Waals surface area contributed by atoms with E-state index in [1.165, 1.54) is 17.2 Å². The molecule has 2 atom stereocenters. The second-order valence-electron chi connectivity index (χ2n) is 4.58. The molecule has 2 aromatic heterocycles. The summed E-state index contributed by atoms with van der Waals surface area (Å²) in [5, 5.41) is 0. The minimum atomic E-state index is -5.91. The van der Waals surface area contributed by atoms with E-state index in [9.17, 15) is 28.7 Å². The lowest BCUT2D eigenvalue weighted by atomic mass is 10.5. The van der Waals surface area contributed by atoms with Crippen LogP contribution in [0.5, 0.6) is 0 Å². The van der Waals surface area contributed by atoms with E-state index in [0.717, 1.165) is 0 Å². The summed E-state index contributed by atoms with van der Waals surface area (Å²) in [5.74, 6) is 0.179. The molecule has 2 rings (SSSR count). The van der Waals surface area contributed by atoms with Gasteiger partial charge >= 0.3 is 0 Å². The van der Waals surface area contributed by atoms with Crippen LogP contribution < -0.4 is 25.3 Å². The summed E-state index contributed by atoms with van der Waals surface area (Å²) in [4.78, 5) is 55.2. The zero-order valence-corrected chi connectivity index (χ0v) is 16.1. The normalized spacial score (nSPS) is 17.1. The van der Waals surface area contributed by atoms with Crippen LogP contribution in [0.3, 0.4) is 0 Å². The highest BCUT2D eigenvalue weighted by atomic mass is 32.5. The molecule has 0 amide bonds. The van der Waals surface area contributed by atoms with Gasteiger partial charge in [-0.15, -0.1) is 0 Å². The fraction of sp³-hybridized carbons (Fsp3) is 0.375. The zero-order chi connectivity index (χ0) is 19.6. The standard InChI is InChI=1S/C8H14N5O9P3S/c9-7-6-8(11-3-10-7)13(4-12-6)1-2-20-5-23(14,26)21-25(18,19)22-24(15,16)17/h3-4H,1-2,5H2,(H,14,26)(H,18,19)(H2,9,10,11)(H2,15,16,17)/p-4. The van der Waals surface area contributed by atoms with Crippen LogP contribution >= 0.6 is 22.1 Å². The van der Waals surface area contributed by atoms with Crippen molar-refractivity contribution in [3.05, 3.63) is 12.7 Å². The molecule has 0 aromatic carbocycles. The van der Waals surface area contributed by atoms with E-state index in [4.69, 9.17) is 10.5 Å². The Balaban J connectivity index is 1.88. The molecule has 0 aliphatic rings. The van der Waals surface area contributed by atoms with Crippen molar-refractivity contribution >= 4 is 50.9 Å². The predicted molar refractivity (Wildman–Crippen MR) is 82.2 cm³/mol. The minimum absolute atomic E-state index is 0.106. The molecule has 0 spiro atoms. The lowest BCUT2D eigenvalue weighted by molar-refractivity contribution is -0.339. The third-order valence-electron chi connectivity index (χ3n) is 2.58. The molecule has 0 saturated heterocycles. The highest BCUT2D eigenvalue weighted by Gasteiger charge is 2.18. The van der Waals surface area contributed by atoms with Gasteiger partial charge in [-0.05, 0) is 0 Å². The van der Waals surface area contributed by atoms with Gasteiger partial charge in [0.25, 0.3) is 7.82 Å². The maximum atomic E-state index is 11.8. The monoisotopic (exact) mass is 445 g/mol. The Morgan fingerprint density at radius 3 is 2.50 bits per heavy atom. The van der Waals surface area contributed by atoms with Crippen LogP contribution in [-0.2, 0) is 40.8 Å². The second-order valence-corrected chi connectivity index (χ2v) is 10.8. The van der Waals surface area contributed by atoms with Gasteiger partial charge < -0.3 is 39.2 Å². The third kappa shape index (κ3) is 6.41. The summed E-state index contributed by atoms with van der Waals surface area (Å²) in [5.41, 5.74) is 6.41. The summed E-state index contributed by atoms with van der Waals surface area (Å²) < 4.78 is 35.0. The quantitative estimate of drug-likeness (QED) is 0.308. The van der Waals surface area contributed by atoms with E-state index >= 15 is 0 Å². The maximum absolute atomic E-state index is 11.8. The van der Waals surface area contributed by atoms with E-state index in [0.29, 0.717) is 11.2 Å². The lowest BCUT2D eigenvalue weighted by Crippen LogP contribution is -2.20. The van der Waals surface area contributed by atoms with Crippen LogP contribution in [0.1, 0.15) is 0 Å². The number of nitrogens with zero attached hydrogens (tertiary/aromatic N) is 4. The Bertz CT molecular complexity index is 931. The summed E-state index contributed by atoms with van der Waals surface area (Å²) in [6.45, 7) is -4.32. The van der Waals surface area contributed by atoms with Gasteiger partial charge in [-0.3, -0.25) is 13.2 Å². The Labute approximate surface area is 151 Å². The fourth-order valence-corrected chi connectivity index (χ4v) is 5.80. The number of fused-ring (bicyclic) bond motifs is 1. The molecule has 0 fully saturated rings. The summed E-state index contributed by atoms with van der Waals surface area (Å²) in [6, 6.07) is 0. The number of anilines is 1. The maximum Gasteiger partial charge on any atom is 0.274 e. The number of aromatic nitrogens is 4. The molecule has 14 nitrogen and oxygen atoms in total. The van der Waals surface area contributed by atoms with Gasteiger partial charge in [-0.2, -0.15) is 0 Å². The average molecular weight is 445 g/mol. The number of ether oxygens (including phenoxy) is 1. The molecule has 2 aromatic rings. The van der Waals surface area contributed by atoms with Crippen LogP contribution in [0.15, 0.2) is 12.7 Å². The van der Waals surface area contributed by atoms with Gasteiger partial charge in [0.2, 0.25) is 0 Å². The Morgan fingerprint density at radius 2 is 1.85 bits per heavy atom. The molecular weight excluding hydrogens is 435 g/mol.